The molecule has 2 aliphatic rings. The van der Waals surface area contributed by atoms with Crippen molar-refractivity contribution in [2.75, 3.05) is 0 Å². The summed E-state index contributed by atoms with van der Waals surface area (Å²) in [5.41, 5.74) is 0.0515. The lowest BCUT2D eigenvalue weighted by Gasteiger charge is -2.43. The Balaban J connectivity index is 1.74. The molecule has 0 N–H and O–H groups in total. The first-order valence-corrected chi connectivity index (χ1v) is 11.1. The Morgan fingerprint density at radius 2 is 1.33 bits per heavy atom. The van der Waals surface area contributed by atoms with E-state index in [1.54, 1.807) is 0 Å². The fourth-order valence-corrected chi connectivity index (χ4v) is 5.45. The summed E-state index contributed by atoms with van der Waals surface area (Å²) in [5.74, 6) is 2.59. The van der Waals surface area contributed by atoms with E-state index in [-0.39, 0.29) is 5.41 Å². The van der Waals surface area contributed by atoms with E-state index in [2.05, 4.69) is 19.9 Å². The Bertz CT molecular complexity index is 364. The molecule has 1 heteroatoms. The molecule has 138 valence electrons. The summed E-state index contributed by atoms with van der Waals surface area (Å²) in [4.78, 5) is 0. The van der Waals surface area contributed by atoms with Crippen molar-refractivity contribution in [3.63, 3.8) is 0 Å². The number of rotatable bonds is 9. The molecule has 0 amide bonds. The van der Waals surface area contributed by atoms with Crippen LogP contribution in [0.15, 0.2) is 0 Å². The van der Waals surface area contributed by atoms with Gasteiger partial charge in [-0.2, -0.15) is 5.26 Å². The fourth-order valence-electron chi connectivity index (χ4n) is 5.45. The van der Waals surface area contributed by atoms with Crippen LogP contribution in [0, 0.1) is 34.5 Å². The van der Waals surface area contributed by atoms with Gasteiger partial charge in [0.25, 0.3) is 0 Å². The third kappa shape index (κ3) is 5.50. The Labute approximate surface area is 151 Å². The summed E-state index contributed by atoms with van der Waals surface area (Å²) in [6.07, 6.45) is 21.7. The molecule has 24 heavy (non-hydrogen) atoms. The van der Waals surface area contributed by atoms with Crippen molar-refractivity contribution in [2.24, 2.45) is 23.2 Å². The average molecular weight is 332 g/mol. The van der Waals surface area contributed by atoms with Crippen LogP contribution in [0.4, 0.5) is 0 Å². The molecule has 0 aromatic heterocycles. The molecule has 2 rings (SSSR count). The highest BCUT2D eigenvalue weighted by Gasteiger charge is 2.43. The summed E-state index contributed by atoms with van der Waals surface area (Å²) >= 11 is 0. The van der Waals surface area contributed by atoms with Gasteiger partial charge in [-0.05, 0) is 56.3 Å². The maximum absolute atomic E-state index is 9.97. The lowest BCUT2D eigenvalue weighted by atomic mass is 9.59. The molecule has 0 saturated heterocycles. The maximum atomic E-state index is 9.97. The van der Waals surface area contributed by atoms with Crippen LogP contribution in [0.3, 0.4) is 0 Å². The van der Waals surface area contributed by atoms with Gasteiger partial charge < -0.3 is 0 Å². The van der Waals surface area contributed by atoms with Crippen molar-refractivity contribution < 1.29 is 0 Å². The lowest BCUT2D eigenvalue weighted by Crippen LogP contribution is -2.36. The van der Waals surface area contributed by atoms with Gasteiger partial charge >= 0.3 is 0 Å². The standard InChI is InChI=1S/C23H41N/c1-3-5-7-8-10-20-11-13-22(14-12-20)23(19-24)17-15-21(16-18-23)9-6-4-2/h20-22H,3-18H2,1-2H3. The SMILES string of the molecule is CCCCCCC1CCC(C2(C#N)CCC(CCCC)CC2)CC1. The van der Waals surface area contributed by atoms with Crippen molar-refractivity contribution in [2.45, 2.75) is 117 Å². The molecule has 0 aromatic rings. The van der Waals surface area contributed by atoms with Gasteiger partial charge in [0.15, 0.2) is 0 Å². The van der Waals surface area contributed by atoms with Gasteiger partial charge in [-0.15, -0.1) is 0 Å². The number of hydrogen-bond acceptors (Lipinski definition) is 1. The van der Waals surface area contributed by atoms with E-state index in [1.165, 1.54) is 103 Å². The zero-order chi connectivity index (χ0) is 17.3. The highest BCUT2D eigenvalue weighted by atomic mass is 14.5. The predicted molar refractivity (Wildman–Crippen MR) is 104 cm³/mol. The number of nitrogens with zero attached hydrogens (tertiary/aromatic N) is 1. The van der Waals surface area contributed by atoms with Crippen LogP contribution in [-0.2, 0) is 0 Å². The molecule has 2 fully saturated rings. The maximum Gasteiger partial charge on any atom is 0.0692 e. The first-order chi connectivity index (χ1) is 11.7. The number of unbranched alkanes of at least 4 members (excludes halogenated alkanes) is 4. The van der Waals surface area contributed by atoms with Gasteiger partial charge in [-0.1, -0.05) is 78.1 Å². The fraction of sp³-hybridized carbons (Fsp3) is 0.957. The first-order valence-electron chi connectivity index (χ1n) is 11.1. The molecule has 0 aliphatic heterocycles. The molecular formula is C23H41N. The van der Waals surface area contributed by atoms with E-state index in [0.29, 0.717) is 5.92 Å². The monoisotopic (exact) mass is 331 g/mol. The van der Waals surface area contributed by atoms with E-state index < -0.39 is 0 Å². The van der Waals surface area contributed by atoms with Crippen LogP contribution in [0.25, 0.3) is 0 Å². The van der Waals surface area contributed by atoms with E-state index >= 15 is 0 Å². The van der Waals surface area contributed by atoms with Gasteiger partial charge in [0, 0.05) is 0 Å². The summed E-state index contributed by atoms with van der Waals surface area (Å²) in [6, 6.07) is 2.84. The molecule has 0 unspecified atom stereocenters. The second-order valence-corrected chi connectivity index (χ2v) is 8.92. The van der Waals surface area contributed by atoms with Crippen LogP contribution in [-0.4, -0.2) is 0 Å². The topological polar surface area (TPSA) is 23.8 Å². The van der Waals surface area contributed by atoms with Gasteiger partial charge in [-0.3, -0.25) is 0 Å². The Morgan fingerprint density at radius 1 is 0.750 bits per heavy atom. The third-order valence-corrected chi connectivity index (χ3v) is 7.28. The largest absolute Gasteiger partial charge is 0.198 e. The third-order valence-electron chi connectivity index (χ3n) is 7.28. The summed E-state index contributed by atoms with van der Waals surface area (Å²) in [6.45, 7) is 4.59. The summed E-state index contributed by atoms with van der Waals surface area (Å²) < 4.78 is 0. The predicted octanol–water partition coefficient (Wildman–Crippen LogP) is 7.65. The van der Waals surface area contributed by atoms with Crippen molar-refractivity contribution in [1.29, 1.82) is 5.26 Å². The molecule has 2 saturated carbocycles. The van der Waals surface area contributed by atoms with Crippen LogP contribution in [0.1, 0.15) is 117 Å². The smallest absolute Gasteiger partial charge is 0.0692 e. The Morgan fingerprint density at radius 3 is 1.92 bits per heavy atom. The molecule has 0 heterocycles. The van der Waals surface area contributed by atoms with Crippen LogP contribution < -0.4 is 0 Å². The van der Waals surface area contributed by atoms with Gasteiger partial charge in [0.2, 0.25) is 0 Å². The van der Waals surface area contributed by atoms with E-state index in [0.717, 1.165) is 11.8 Å². The van der Waals surface area contributed by atoms with Crippen LogP contribution >= 0.6 is 0 Å². The molecule has 0 bridgehead atoms. The molecule has 2 aliphatic carbocycles. The summed E-state index contributed by atoms with van der Waals surface area (Å²) in [5, 5.41) is 9.97. The minimum absolute atomic E-state index is 0.0515. The number of nitriles is 1. The van der Waals surface area contributed by atoms with Gasteiger partial charge in [0.05, 0.1) is 11.5 Å². The molecular weight excluding hydrogens is 290 g/mol. The zero-order valence-electron chi connectivity index (χ0n) is 16.5. The lowest BCUT2D eigenvalue weighted by molar-refractivity contribution is 0.0843. The molecule has 1 nitrogen and oxygen atoms in total. The second-order valence-electron chi connectivity index (χ2n) is 8.92. The average Bonchev–Trinajstić information content (AvgIpc) is 2.64. The quantitative estimate of drug-likeness (QED) is 0.398. The Hall–Kier alpha value is -0.510. The van der Waals surface area contributed by atoms with Crippen molar-refractivity contribution in [3.05, 3.63) is 0 Å². The molecule has 0 atom stereocenters. The van der Waals surface area contributed by atoms with Gasteiger partial charge in [-0.25, -0.2) is 0 Å². The normalized spacial score (nSPS) is 34.0. The molecule has 0 spiro atoms. The van der Waals surface area contributed by atoms with Crippen molar-refractivity contribution >= 4 is 0 Å². The van der Waals surface area contributed by atoms with Crippen molar-refractivity contribution in [3.8, 4) is 6.07 Å². The minimum atomic E-state index is 0.0515. The second kappa shape index (κ2) is 10.5. The first kappa shape index (κ1) is 19.8. The van der Waals surface area contributed by atoms with E-state index in [9.17, 15) is 5.26 Å². The van der Waals surface area contributed by atoms with E-state index in [4.69, 9.17) is 0 Å². The molecule has 0 radical (unpaired) electrons. The zero-order valence-corrected chi connectivity index (χ0v) is 16.5. The minimum Gasteiger partial charge on any atom is -0.198 e. The van der Waals surface area contributed by atoms with Crippen molar-refractivity contribution in [1.82, 2.24) is 0 Å². The highest BCUT2D eigenvalue weighted by molar-refractivity contribution is 5.06. The van der Waals surface area contributed by atoms with Crippen LogP contribution in [0.2, 0.25) is 0 Å². The number of hydrogen-bond donors (Lipinski definition) is 0. The summed E-state index contributed by atoms with van der Waals surface area (Å²) in [7, 11) is 0. The molecule has 0 aromatic carbocycles. The van der Waals surface area contributed by atoms with E-state index in [1.807, 2.05) is 0 Å². The Kier molecular flexibility index (Phi) is 8.65. The van der Waals surface area contributed by atoms with Crippen LogP contribution in [0.5, 0.6) is 0 Å². The van der Waals surface area contributed by atoms with Gasteiger partial charge in [0.1, 0.15) is 0 Å². The highest BCUT2D eigenvalue weighted by Crippen LogP contribution is 2.50.